The molecular weight excluding hydrogens is 595 g/mol. The van der Waals surface area contributed by atoms with Crippen molar-refractivity contribution in [1.82, 2.24) is 14.5 Å². The number of hydrogen-bond acceptors (Lipinski definition) is 4. The van der Waals surface area contributed by atoms with E-state index in [1.807, 2.05) is 0 Å². The van der Waals surface area contributed by atoms with E-state index in [0.717, 1.165) is 16.7 Å². The van der Waals surface area contributed by atoms with Crippen LogP contribution in [-0.2, 0) is 35.0 Å². The molecule has 1 amide bonds. The van der Waals surface area contributed by atoms with Crippen LogP contribution in [0, 0.1) is 29.1 Å². The van der Waals surface area contributed by atoms with Crippen LogP contribution in [0.25, 0.3) is 11.3 Å². The van der Waals surface area contributed by atoms with Gasteiger partial charge in [0.05, 0.1) is 17.9 Å². The Bertz CT molecular complexity index is 1490. The Morgan fingerprint density at radius 3 is 2.17 bits per heavy atom. The van der Waals surface area contributed by atoms with Crippen LogP contribution in [-0.4, -0.2) is 47.6 Å². The molecule has 18 heteroatoms. The molecule has 4 rings (SSSR count). The second-order valence-corrected chi connectivity index (χ2v) is 9.89. The van der Waals surface area contributed by atoms with Crippen LogP contribution >= 0.6 is 7.82 Å². The molecule has 0 fully saturated rings. The quantitative estimate of drug-likeness (QED) is 0.195. The first-order valence-corrected chi connectivity index (χ1v) is 13.0. The van der Waals surface area contributed by atoms with Crippen molar-refractivity contribution in [3.8, 4) is 11.3 Å². The fourth-order valence-corrected chi connectivity index (χ4v) is 4.12. The molecule has 41 heavy (non-hydrogen) atoms. The van der Waals surface area contributed by atoms with Gasteiger partial charge in [-0.05, 0) is 30.2 Å². The fourth-order valence-electron chi connectivity index (χ4n) is 4.12. The van der Waals surface area contributed by atoms with E-state index >= 15 is 0 Å². The number of phosphoric acid groups is 1. The van der Waals surface area contributed by atoms with Crippen LogP contribution in [0.5, 0.6) is 0 Å². The SMILES string of the molecule is N[C@@H](CC(=O)N1CCn2c(C(F)(F)F)nc(-c3ccc(F)cc3F)c2C1)Cc1cc(F)c(F)cc1F.O=P(O)(O)O. The molecule has 0 unspecified atom stereocenters. The lowest BCUT2D eigenvalue weighted by molar-refractivity contribution is -0.148. The number of amides is 1. The Labute approximate surface area is 226 Å². The van der Waals surface area contributed by atoms with Gasteiger partial charge in [0, 0.05) is 43.2 Å². The van der Waals surface area contributed by atoms with Gasteiger partial charge in [-0.2, -0.15) is 13.2 Å². The number of carbonyl (C=O) groups is 1. The Morgan fingerprint density at radius 1 is 0.976 bits per heavy atom. The first-order valence-electron chi connectivity index (χ1n) is 11.4. The van der Waals surface area contributed by atoms with Crippen LogP contribution in [0.4, 0.5) is 35.1 Å². The molecule has 1 aromatic heterocycles. The highest BCUT2D eigenvalue weighted by atomic mass is 31.2. The molecule has 1 aliphatic heterocycles. The zero-order valence-corrected chi connectivity index (χ0v) is 21.4. The van der Waals surface area contributed by atoms with Crippen molar-refractivity contribution in [3.63, 3.8) is 0 Å². The van der Waals surface area contributed by atoms with E-state index in [1.165, 1.54) is 4.90 Å². The molecule has 0 saturated heterocycles. The molecule has 1 aliphatic rings. The minimum Gasteiger partial charge on any atom is -0.335 e. The van der Waals surface area contributed by atoms with E-state index in [2.05, 4.69) is 4.98 Å². The number of alkyl halides is 3. The maximum atomic E-state index is 14.4. The van der Waals surface area contributed by atoms with Crippen molar-refractivity contribution in [3.05, 3.63) is 76.5 Å². The number of hydrogen-bond donors (Lipinski definition) is 4. The Kier molecular flexibility index (Phi) is 9.60. The minimum absolute atomic E-state index is 0.104. The number of nitrogens with zero attached hydrogens (tertiary/aromatic N) is 3. The van der Waals surface area contributed by atoms with Gasteiger partial charge in [-0.1, -0.05) is 0 Å². The minimum atomic E-state index is -4.87. The molecule has 3 aromatic rings. The topological polar surface area (TPSA) is 142 Å². The van der Waals surface area contributed by atoms with Crippen LogP contribution in [0.3, 0.4) is 0 Å². The number of carbonyl (C=O) groups excluding carboxylic acids is 1. The van der Waals surface area contributed by atoms with Gasteiger partial charge in [0.2, 0.25) is 11.7 Å². The molecule has 9 nitrogen and oxygen atoms in total. The standard InChI is InChI=1S/C23H18F8N4O.H3O4P/c24-12-1-2-14(16(26)7-12)21-19-10-34(3-4-35(19)22(33-21)23(29,30)31)20(36)8-13(32)5-11-6-17(27)18(28)9-15(11)25;1-5(2,3)4/h1-2,6-7,9,13H,3-5,8,10,32H2;(H3,1,2,3,4)/t13-;/m1./s1. The first kappa shape index (κ1) is 32.1. The molecule has 5 N–H and O–H groups in total. The van der Waals surface area contributed by atoms with Gasteiger partial charge in [0.1, 0.15) is 17.5 Å². The second-order valence-electron chi connectivity index (χ2n) is 8.86. The molecule has 0 spiro atoms. The summed E-state index contributed by atoms with van der Waals surface area (Å²) >= 11 is 0. The number of fused-ring (bicyclic) bond motifs is 1. The van der Waals surface area contributed by atoms with Crippen molar-refractivity contribution >= 4 is 13.7 Å². The molecule has 2 heterocycles. The first-order chi connectivity index (χ1) is 18.8. The smallest absolute Gasteiger partial charge is 0.335 e. The Balaban J connectivity index is 0.000000850. The third kappa shape index (κ3) is 8.33. The van der Waals surface area contributed by atoms with E-state index in [1.54, 1.807) is 0 Å². The molecule has 0 saturated carbocycles. The predicted molar refractivity (Wildman–Crippen MR) is 125 cm³/mol. The highest BCUT2D eigenvalue weighted by molar-refractivity contribution is 7.45. The zero-order valence-electron chi connectivity index (χ0n) is 20.5. The summed E-state index contributed by atoms with van der Waals surface area (Å²) in [7, 11) is -4.64. The molecular formula is C23H21F8N4O5P. The van der Waals surface area contributed by atoms with E-state index in [9.17, 15) is 39.9 Å². The summed E-state index contributed by atoms with van der Waals surface area (Å²) < 4.78 is 119. The van der Waals surface area contributed by atoms with E-state index in [-0.39, 0.29) is 55.0 Å². The lowest BCUT2D eigenvalue weighted by Gasteiger charge is -2.30. The normalized spacial score (nSPS) is 14.3. The van der Waals surface area contributed by atoms with Crippen molar-refractivity contribution in [1.29, 1.82) is 0 Å². The number of rotatable bonds is 5. The van der Waals surface area contributed by atoms with Crippen LogP contribution in [0.2, 0.25) is 0 Å². The lowest BCUT2D eigenvalue weighted by atomic mass is 10.0. The van der Waals surface area contributed by atoms with Crippen LogP contribution in [0.1, 0.15) is 23.5 Å². The van der Waals surface area contributed by atoms with Crippen molar-refractivity contribution in [2.45, 2.75) is 38.1 Å². The molecule has 1 atom stereocenters. The molecule has 2 aromatic carbocycles. The summed E-state index contributed by atoms with van der Waals surface area (Å²) in [6.07, 6.45) is -5.55. The van der Waals surface area contributed by atoms with Gasteiger partial charge in [-0.25, -0.2) is 31.5 Å². The average molecular weight is 616 g/mol. The maximum Gasteiger partial charge on any atom is 0.466 e. The summed E-state index contributed by atoms with van der Waals surface area (Å²) in [4.78, 5) is 39.1. The average Bonchev–Trinajstić information content (AvgIpc) is 3.20. The highest BCUT2D eigenvalue weighted by Crippen LogP contribution is 2.37. The fraction of sp³-hybridized carbons (Fsp3) is 0.304. The molecule has 0 bridgehead atoms. The summed E-state index contributed by atoms with van der Waals surface area (Å²) in [5, 5.41) is 0. The maximum absolute atomic E-state index is 14.4. The number of aromatic nitrogens is 2. The third-order valence-electron chi connectivity index (χ3n) is 5.81. The lowest BCUT2D eigenvalue weighted by Crippen LogP contribution is -2.42. The summed E-state index contributed by atoms with van der Waals surface area (Å²) in [6, 6.07) is 2.33. The number of halogens is 8. The van der Waals surface area contributed by atoms with Gasteiger partial charge >= 0.3 is 14.0 Å². The van der Waals surface area contributed by atoms with Gasteiger partial charge < -0.3 is 29.9 Å². The number of imidazole rings is 1. The van der Waals surface area contributed by atoms with Gasteiger partial charge in [-0.15, -0.1) is 0 Å². The third-order valence-corrected chi connectivity index (χ3v) is 5.81. The summed E-state index contributed by atoms with van der Waals surface area (Å²) in [5.74, 6) is -7.63. The summed E-state index contributed by atoms with van der Waals surface area (Å²) in [5.41, 5.74) is 4.81. The highest BCUT2D eigenvalue weighted by Gasteiger charge is 2.41. The summed E-state index contributed by atoms with van der Waals surface area (Å²) in [6.45, 7) is -0.831. The monoisotopic (exact) mass is 616 g/mol. The second kappa shape index (κ2) is 12.2. The van der Waals surface area contributed by atoms with E-state index in [0.29, 0.717) is 18.2 Å². The molecule has 224 valence electrons. The van der Waals surface area contributed by atoms with Crippen molar-refractivity contribution in [2.24, 2.45) is 5.73 Å². The van der Waals surface area contributed by atoms with E-state index in [4.69, 9.17) is 25.0 Å². The Hall–Kier alpha value is -3.37. The van der Waals surface area contributed by atoms with Gasteiger partial charge in [0.25, 0.3) is 0 Å². The van der Waals surface area contributed by atoms with Gasteiger partial charge in [-0.3, -0.25) is 4.79 Å². The zero-order chi connectivity index (χ0) is 30.9. The number of benzene rings is 2. The van der Waals surface area contributed by atoms with Crippen LogP contribution in [0.15, 0.2) is 30.3 Å². The van der Waals surface area contributed by atoms with Crippen LogP contribution < -0.4 is 5.73 Å². The molecule has 0 aliphatic carbocycles. The number of nitrogens with two attached hydrogens (primary N) is 1. The van der Waals surface area contributed by atoms with Gasteiger partial charge in [0.15, 0.2) is 11.6 Å². The largest absolute Gasteiger partial charge is 0.466 e. The Morgan fingerprint density at radius 2 is 1.59 bits per heavy atom. The van der Waals surface area contributed by atoms with Crippen molar-refractivity contribution in [2.75, 3.05) is 6.54 Å². The van der Waals surface area contributed by atoms with Crippen molar-refractivity contribution < 1.29 is 59.2 Å². The predicted octanol–water partition coefficient (Wildman–Crippen LogP) is 3.64. The molecule has 0 radical (unpaired) electrons. The van der Waals surface area contributed by atoms with E-state index < -0.39 is 60.9 Å².